The van der Waals surface area contributed by atoms with E-state index in [0.29, 0.717) is 38.0 Å². The lowest BCUT2D eigenvalue weighted by molar-refractivity contribution is -0.148. The number of allylic oxidation sites excluding steroid dienone is 5. The van der Waals surface area contributed by atoms with E-state index in [0.717, 1.165) is 18.4 Å². The monoisotopic (exact) mass is 498 g/mol. The lowest BCUT2D eigenvalue weighted by Gasteiger charge is -2.59. The fourth-order valence-corrected chi connectivity index (χ4v) is 8.75. The minimum Gasteiger partial charge on any atom is -0.481 e. The van der Waals surface area contributed by atoms with Crippen molar-refractivity contribution in [2.24, 2.45) is 45.3 Å². The van der Waals surface area contributed by atoms with Gasteiger partial charge in [-0.1, -0.05) is 65.8 Å². The van der Waals surface area contributed by atoms with Crippen molar-refractivity contribution in [2.45, 2.75) is 92.6 Å². The van der Waals surface area contributed by atoms with E-state index in [4.69, 9.17) is 0 Å². The number of aliphatic hydroxyl groups is 2. The van der Waals surface area contributed by atoms with Gasteiger partial charge in [-0.3, -0.25) is 9.59 Å². The van der Waals surface area contributed by atoms with Crippen molar-refractivity contribution in [3.63, 3.8) is 0 Å². The number of hydrogen-bond acceptors (Lipinski definition) is 4. The number of fused-ring (bicyclic) bond motifs is 5. The Labute approximate surface area is 216 Å². The number of aliphatic hydroxyl groups excluding tert-OH is 2. The number of hydrogen-bond donors (Lipinski definition) is 3. The summed E-state index contributed by atoms with van der Waals surface area (Å²) >= 11 is 0. The van der Waals surface area contributed by atoms with Crippen LogP contribution in [-0.4, -0.2) is 39.8 Å². The lowest BCUT2D eigenvalue weighted by atomic mass is 9.44. The van der Waals surface area contributed by atoms with E-state index >= 15 is 0 Å². The number of carboxylic acids is 1. The molecule has 0 heterocycles. The van der Waals surface area contributed by atoms with Crippen LogP contribution in [0.1, 0.15) is 86.5 Å². The molecule has 2 saturated carbocycles. The molecule has 36 heavy (non-hydrogen) atoms. The van der Waals surface area contributed by atoms with E-state index in [1.54, 1.807) is 0 Å². The summed E-state index contributed by atoms with van der Waals surface area (Å²) in [4.78, 5) is 25.4. The molecule has 0 aromatic carbocycles. The summed E-state index contributed by atoms with van der Waals surface area (Å²) in [6, 6.07) is 0. The number of carboxylic acid groups (broad SMARTS) is 1. The molecule has 0 spiro atoms. The molecule has 4 aliphatic carbocycles. The largest absolute Gasteiger partial charge is 0.481 e. The molecule has 0 aromatic heterocycles. The fraction of sp³-hybridized carbons (Fsp3) is 0.742. The summed E-state index contributed by atoms with van der Waals surface area (Å²) in [7, 11) is 0. The molecule has 8 atom stereocenters. The highest BCUT2D eigenvalue weighted by Crippen LogP contribution is 2.71. The first-order chi connectivity index (χ1) is 16.7. The maximum absolute atomic E-state index is 12.9. The summed E-state index contributed by atoms with van der Waals surface area (Å²) in [6.07, 6.45) is 8.21. The first-order valence-electron chi connectivity index (χ1n) is 13.8. The van der Waals surface area contributed by atoms with Crippen LogP contribution < -0.4 is 0 Å². The van der Waals surface area contributed by atoms with Crippen LogP contribution in [0.4, 0.5) is 0 Å². The summed E-state index contributed by atoms with van der Waals surface area (Å²) in [6.45, 7) is 16.8. The fourth-order valence-electron chi connectivity index (χ4n) is 8.75. The molecule has 200 valence electrons. The molecule has 4 rings (SSSR count). The van der Waals surface area contributed by atoms with Gasteiger partial charge in [-0.25, -0.2) is 0 Å². The molecule has 0 aliphatic heterocycles. The van der Waals surface area contributed by atoms with E-state index in [-0.39, 0.29) is 35.1 Å². The zero-order valence-electron chi connectivity index (χ0n) is 23.1. The third-order valence-corrected chi connectivity index (χ3v) is 11.5. The topological polar surface area (TPSA) is 94.8 Å². The predicted molar refractivity (Wildman–Crippen MR) is 141 cm³/mol. The predicted octanol–water partition coefficient (Wildman–Crippen LogP) is 5.72. The molecule has 0 aromatic rings. The SMILES string of the molecule is C=C(CC[C@@H](C(=O)O)[C@H]1[C@H](O)C[C@@]2(C)C3=CC[C@H]4C(C)(CO)C(=O)CC[C@]4(C)C3=CC[C@]12C)C(C)C. The molecule has 3 N–H and O–H groups in total. The Morgan fingerprint density at radius 3 is 2.42 bits per heavy atom. The van der Waals surface area contributed by atoms with Gasteiger partial charge in [0.1, 0.15) is 5.78 Å². The van der Waals surface area contributed by atoms with Gasteiger partial charge in [0.2, 0.25) is 0 Å². The van der Waals surface area contributed by atoms with Gasteiger partial charge in [-0.15, -0.1) is 0 Å². The number of carbonyl (C=O) groups excluding carboxylic acids is 1. The molecule has 0 bridgehead atoms. The van der Waals surface area contributed by atoms with Crippen LogP contribution in [0.5, 0.6) is 0 Å². The van der Waals surface area contributed by atoms with E-state index < -0.39 is 28.8 Å². The summed E-state index contributed by atoms with van der Waals surface area (Å²) < 4.78 is 0. The van der Waals surface area contributed by atoms with Crippen LogP contribution in [0.2, 0.25) is 0 Å². The normalized spacial score (nSPS) is 42.7. The summed E-state index contributed by atoms with van der Waals surface area (Å²) in [5, 5.41) is 32.0. The highest BCUT2D eigenvalue weighted by Gasteiger charge is 2.66. The van der Waals surface area contributed by atoms with Crippen molar-refractivity contribution in [1.82, 2.24) is 0 Å². The first kappa shape index (κ1) is 27.3. The third kappa shape index (κ3) is 3.63. The van der Waals surface area contributed by atoms with Crippen LogP contribution in [0.15, 0.2) is 35.5 Å². The van der Waals surface area contributed by atoms with Crippen molar-refractivity contribution in [1.29, 1.82) is 0 Å². The third-order valence-electron chi connectivity index (χ3n) is 11.5. The molecule has 0 saturated heterocycles. The minimum absolute atomic E-state index is 0.0372. The van der Waals surface area contributed by atoms with Crippen molar-refractivity contribution < 1.29 is 24.9 Å². The molecule has 5 nitrogen and oxygen atoms in total. The van der Waals surface area contributed by atoms with Crippen molar-refractivity contribution in [3.8, 4) is 0 Å². The van der Waals surface area contributed by atoms with Gasteiger partial charge in [0.15, 0.2) is 0 Å². The maximum Gasteiger partial charge on any atom is 0.306 e. The van der Waals surface area contributed by atoms with Gasteiger partial charge < -0.3 is 15.3 Å². The van der Waals surface area contributed by atoms with Gasteiger partial charge >= 0.3 is 5.97 Å². The Kier molecular flexibility index (Phi) is 6.78. The number of carbonyl (C=O) groups is 2. The van der Waals surface area contributed by atoms with Crippen molar-refractivity contribution in [2.75, 3.05) is 6.61 Å². The number of ketones is 1. The quantitative estimate of drug-likeness (QED) is 0.390. The second kappa shape index (κ2) is 8.94. The lowest BCUT2D eigenvalue weighted by Crippen LogP contribution is -2.55. The Bertz CT molecular complexity index is 1020. The number of aliphatic carboxylic acids is 1. The van der Waals surface area contributed by atoms with Crippen LogP contribution >= 0.6 is 0 Å². The molecule has 2 fully saturated rings. The van der Waals surface area contributed by atoms with Crippen LogP contribution in [0.3, 0.4) is 0 Å². The summed E-state index contributed by atoms with van der Waals surface area (Å²) in [5.41, 5.74) is 1.85. The zero-order valence-corrected chi connectivity index (χ0v) is 23.1. The average Bonchev–Trinajstić information content (AvgIpc) is 3.02. The van der Waals surface area contributed by atoms with Gasteiger partial charge in [0, 0.05) is 17.8 Å². The van der Waals surface area contributed by atoms with Gasteiger partial charge in [0.25, 0.3) is 0 Å². The van der Waals surface area contributed by atoms with Crippen LogP contribution in [0.25, 0.3) is 0 Å². The number of Topliss-reactive ketones (excluding diaryl/α,β-unsaturated/α-hetero) is 1. The van der Waals surface area contributed by atoms with Crippen LogP contribution in [0, 0.1) is 45.3 Å². The van der Waals surface area contributed by atoms with E-state index in [1.807, 2.05) is 6.92 Å². The Morgan fingerprint density at radius 2 is 1.83 bits per heavy atom. The summed E-state index contributed by atoms with van der Waals surface area (Å²) in [5.74, 6) is -1.31. The second-order valence-electron chi connectivity index (χ2n) is 13.5. The zero-order chi connectivity index (χ0) is 26.8. The van der Waals surface area contributed by atoms with Gasteiger partial charge in [-0.2, -0.15) is 0 Å². The molecule has 1 unspecified atom stereocenters. The molecule has 5 heteroatoms. The Hall–Kier alpha value is -1.72. The second-order valence-corrected chi connectivity index (χ2v) is 13.5. The molecular formula is C31H46O5. The maximum atomic E-state index is 12.9. The average molecular weight is 499 g/mol. The van der Waals surface area contributed by atoms with E-state index in [2.05, 4.69) is 53.3 Å². The van der Waals surface area contributed by atoms with Crippen molar-refractivity contribution in [3.05, 3.63) is 35.5 Å². The van der Waals surface area contributed by atoms with Gasteiger partial charge in [0.05, 0.1) is 24.0 Å². The number of rotatable bonds is 7. The highest BCUT2D eigenvalue weighted by molar-refractivity contribution is 5.86. The molecule has 0 radical (unpaired) electrons. The van der Waals surface area contributed by atoms with E-state index in [9.17, 15) is 24.9 Å². The first-order valence-corrected chi connectivity index (χ1v) is 13.8. The van der Waals surface area contributed by atoms with Crippen molar-refractivity contribution >= 4 is 11.8 Å². The minimum atomic E-state index is -0.829. The molecular weight excluding hydrogens is 452 g/mol. The standard InChI is InChI=1S/C31H46O5/c1-18(2)19(3)8-9-20(27(35)36)26-23(33)16-31(7)22-10-11-24-28(4,21(22)12-15-30(26,31)6)14-13-25(34)29(24,5)17-32/h10,12,18,20,23-24,26,32-33H,3,8-9,11,13-17H2,1-2,4-7H3,(H,35,36)/t20-,23-,24-,26+,28-,29?,30-,31+/m1/s1. The Morgan fingerprint density at radius 1 is 1.17 bits per heavy atom. The van der Waals surface area contributed by atoms with Crippen LogP contribution in [-0.2, 0) is 9.59 Å². The molecule has 4 aliphatic rings. The van der Waals surface area contributed by atoms with E-state index in [1.165, 1.54) is 11.1 Å². The Balaban J connectivity index is 1.74. The smallest absolute Gasteiger partial charge is 0.306 e. The molecule has 0 amide bonds. The highest BCUT2D eigenvalue weighted by atomic mass is 16.4. The van der Waals surface area contributed by atoms with Gasteiger partial charge in [-0.05, 0) is 72.3 Å².